The summed E-state index contributed by atoms with van der Waals surface area (Å²) in [7, 11) is 13.0. The van der Waals surface area contributed by atoms with Crippen LogP contribution in [0.4, 0.5) is 0 Å². The number of nitrogens with one attached hydrogen (secondary N) is 3. The maximum Gasteiger partial charge on any atom is 0.160 e. The summed E-state index contributed by atoms with van der Waals surface area (Å²) in [5, 5.41) is 28.9. The Morgan fingerprint density at radius 3 is 1.42 bits per heavy atom. The lowest BCUT2D eigenvalue weighted by molar-refractivity contribution is -0.223. The van der Waals surface area contributed by atoms with Gasteiger partial charge in [0.15, 0.2) is 17.8 Å². The van der Waals surface area contributed by atoms with Crippen LogP contribution in [0.1, 0.15) is 101 Å². The van der Waals surface area contributed by atoms with E-state index in [1.807, 2.05) is 99.9 Å². The highest BCUT2D eigenvalue weighted by Gasteiger charge is 2.13. The van der Waals surface area contributed by atoms with Crippen molar-refractivity contribution in [2.45, 2.75) is 111 Å². The number of hydrogen-bond donors (Lipinski definition) is 13. The van der Waals surface area contributed by atoms with Crippen LogP contribution in [-0.4, -0.2) is 235 Å². The minimum atomic E-state index is 0. The van der Waals surface area contributed by atoms with E-state index in [1.165, 1.54) is 70.9 Å². The van der Waals surface area contributed by atoms with Crippen LogP contribution in [0.2, 0.25) is 0 Å². The number of aliphatic hydroxyl groups excluding tert-OH is 2. The van der Waals surface area contributed by atoms with Crippen molar-refractivity contribution < 1.29 is 63.1 Å². The van der Waals surface area contributed by atoms with Gasteiger partial charge in [-0.3, -0.25) is 0 Å². The van der Waals surface area contributed by atoms with E-state index in [4.69, 9.17) is 103 Å². The lowest BCUT2D eigenvalue weighted by Gasteiger charge is -2.08. The molecule has 5 rings (SSSR count). The van der Waals surface area contributed by atoms with Gasteiger partial charge in [-0.2, -0.15) is 5.53 Å². The second kappa shape index (κ2) is 99.1. The molecule has 588 valence electrons. The van der Waals surface area contributed by atoms with Gasteiger partial charge in [-0.1, -0.05) is 138 Å². The summed E-state index contributed by atoms with van der Waals surface area (Å²) in [6.45, 7) is 24.4. The number of benzene rings is 4. The fourth-order valence-electron chi connectivity index (χ4n) is 7.11. The van der Waals surface area contributed by atoms with Crippen molar-refractivity contribution in [2.75, 3.05) is 214 Å². The average molecular weight is 1540 g/mol. The second-order valence-corrected chi connectivity index (χ2v) is 22.4. The number of ether oxygens (including phenoxy) is 10. The van der Waals surface area contributed by atoms with Crippen LogP contribution in [0.3, 0.4) is 0 Å². The number of nitrogens with zero attached hydrogens (tertiary/aromatic N) is 2. The Morgan fingerprint density at radius 1 is 0.530 bits per heavy atom. The minimum Gasteiger partial charge on any atom is -0.693 e. The highest BCUT2D eigenvalue weighted by molar-refractivity contribution is 14.1. The number of unbranched alkanes of at least 4 members (excludes halogenated alkanes) is 5. The molecule has 1 aliphatic heterocycles. The van der Waals surface area contributed by atoms with Crippen LogP contribution in [0.25, 0.3) is 6.15 Å². The third-order valence-corrected chi connectivity index (χ3v) is 13.0. The molecular formula is C73H147IN14O12. The Labute approximate surface area is 620 Å². The SMILES string of the molecule is CCCC1OCCO1.CCCCCCCCNC.CCNCCO.CN(C)CCCN.CNCc1ccccc1.COCCOCCN.COc1ccc(CCN)cc1OC.NCCOCCO.NCCOCCOCCOCCN=[NH2+].NCc1ccc(I)cc1.NCc1ccccc1.[NH2-]. The predicted molar refractivity (Wildman–Crippen MR) is 423 cm³/mol. The Bertz CT molecular complexity index is 2040. The van der Waals surface area contributed by atoms with Crippen molar-refractivity contribution in [1.82, 2.24) is 20.9 Å². The lowest BCUT2D eigenvalue weighted by Crippen LogP contribution is -2.25. The van der Waals surface area contributed by atoms with E-state index >= 15 is 0 Å². The molecular weight excluding hydrogens is 1390 g/mol. The Kier molecular flexibility index (Phi) is 108. The molecule has 0 aliphatic carbocycles. The molecule has 1 aliphatic rings. The van der Waals surface area contributed by atoms with E-state index in [2.05, 4.69) is 101 Å². The molecule has 0 bridgehead atoms. The van der Waals surface area contributed by atoms with E-state index in [-0.39, 0.29) is 25.7 Å². The number of halogens is 1. The molecule has 0 spiro atoms. The van der Waals surface area contributed by atoms with Gasteiger partial charge < -0.3 is 125 Å². The van der Waals surface area contributed by atoms with Crippen molar-refractivity contribution in [3.8, 4) is 11.5 Å². The van der Waals surface area contributed by atoms with Gasteiger partial charge in [-0.15, -0.1) is 0 Å². The predicted octanol–water partition coefficient (Wildman–Crippen LogP) is 6.20. The van der Waals surface area contributed by atoms with E-state index in [0.717, 1.165) is 83.1 Å². The van der Waals surface area contributed by atoms with Gasteiger partial charge in [0.25, 0.3) is 0 Å². The molecule has 0 unspecified atom stereocenters. The zero-order valence-corrected chi connectivity index (χ0v) is 65.9. The van der Waals surface area contributed by atoms with Crippen LogP contribution in [0.5, 0.6) is 11.5 Å². The first kappa shape index (κ1) is 109. The summed E-state index contributed by atoms with van der Waals surface area (Å²) in [6.07, 6.45) is 12.6. The van der Waals surface area contributed by atoms with Crippen molar-refractivity contribution in [2.24, 2.45) is 45.2 Å². The normalized spacial score (nSPS) is 10.7. The van der Waals surface area contributed by atoms with Crippen LogP contribution >= 0.6 is 22.6 Å². The summed E-state index contributed by atoms with van der Waals surface area (Å²) in [6, 6.07) is 34.4. The summed E-state index contributed by atoms with van der Waals surface area (Å²) >= 11 is 2.27. The first-order chi connectivity index (χ1) is 48.3. The standard InChI is InChI=1S/C10H15NO2.C9H21N.C8H19N3O3.C8H11N.C7H8IN.C7H9N.C6H12O2.C5H14N2.C5H13NO2.C4H11NO2.C4H11NO.H2N/c1-12-9-4-3-8(5-6-11)7-10(9)13-2;1-3-4-5-6-7-8-9-10-2;9-1-3-12-5-7-14-8-6-13-4-2-11-10;1-9-7-8-5-3-2-4-6-8;8-7-3-1-6(5-9)2-4-7;8-6-7-4-2-1-3-5-7;1-2-3-6-7-4-5-8-6;1-7(2)5-3-4-6;1-7-4-5-8-3-2-6;5-1-3-7-4-2-6;1-2-5-3-4-6;/h3-4,7H,5-6,11H2,1-2H3;10H,3-9H2,1-2H3;10H,1-9H2;2-6,9H,7H2,1H3;1-4H,5,9H2;1-5H,6,8H2;6H,2-5H2,1H3;3-6H2,1-2H3;2-6H2,1H3;6H,1-5H2;5-6H,2-4H2,1H3;1H2/q;;;;;;;;;;;-1/p+1. The summed E-state index contributed by atoms with van der Waals surface area (Å²) in [5.74, 6) is 1.51. The van der Waals surface area contributed by atoms with Gasteiger partial charge in [0, 0.05) is 56.5 Å². The number of likely N-dealkylation sites (N-methyl/N-ethyl adjacent to an activating group) is 1. The molecule has 0 atom stereocenters. The van der Waals surface area contributed by atoms with Gasteiger partial charge >= 0.3 is 0 Å². The highest BCUT2D eigenvalue weighted by Crippen LogP contribution is 2.27. The maximum atomic E-state index is 8.13. The molecule has 0 radical (unpaired) electrons. The van der Waals surface area contributed by atoms with Crippen molar-refractivity contribution in [1.29, 1.82) is 0 Å². The minimum absolute atomic E-state index is 0. The zero-order chi connectivity index (χ0) is 75.0. The van der Waals surface area contributed by atoms with E-state index in [1.54, 1.807) is 21.3 Å². The first-order valence-corrected chi connectivity index (χ1v) is 36.1. The molecule has 0 saturated carbocycles. The van der Waals surface area contributed by atoms with Crippen LogP contribution < -0.4 is 71.1 Å². The Hall–Kier alpha value is -4.07. The lowest BCUT2D eigenvalue weighted by atomic mass is 10.1. The first-order valence-electron chi connectivity index (χ1n) is 35.1. The quantitative estimate of drug-likeness (QED) is 0.0133. The van der Waals surface area contributed by atoms with Crippen molar-refractivity contribution >= 4 is 22.6 Å². The molecule has 1 fully saturated rings. The van der Waals surface area contributed by atoms with E-state index in [0.29, 0.717) is 118 Å². The topological polar surface area (TPSA) is 426 Å². The van der Waals surface area contributed by atoms with Gasteiger partial charge in [-0.05, 0) is 161 Å². The maximum absolute atomic E-state index is 8.13. The molecule has 4 aromatic carbocycles. The average Bonchev–Trinajstić information content (AvgIpc) is 0.925. The molecule has 0 aromatic heterocycles. The van der Waals surface area contributed by atoms with Crippen LogP contribution in [0, 0.1) is 3.57 Å². The molecule has 26 nitrogen and oxygen atoms in total. The van der Waals surface area contributed by atoms with Crippen LogP contribution in [0.15, 0.2) is 108 Å². The van der Waals surface area contributed by atoms with Gasteiger partial charge in [0.2, 0.25) is 0 Å². The van der Waals surface area contributed by atoms with Crippen LogP contribution in [-0.2, 0) is 63.9 Å². The van der Waals surface area contributed by atoms with Crippen molar-refractivity contribution in [3.63, 3.8) is 0 Å². The number of nitrogens with two attached hydrogens (primary N) is 9. The van der Waals surface area contributed by atoms with Crippen molar-refractivity contribution in [3.05, 3.63) is 135 Å². The molecule has 100 heavy (non-hydrogen) atoms. The fraction of sp³-hybridized carbons (Fsp3) is 0.671. The molecule has 23 N–H and O–H groups in total. The smallest absolute Gasteiger partial charge is 0.160 e. The van der Waals surface area contributed by atoms with Gasteiger partial charge in [0.05, 0.1) is 113 Å². The van der Waals surface area contributed by atoms with E-state index in [9.17, 15) is 0 Å². The van der Waals surface area contributed by atoms with Gasteiger partial charge in [-0.25, -0.2) is 0 Å². The number of methoxy groups -OCH3 is 3. The molecule has 1 heterocycles. The highest BCUT2D eigenvalue weighted by atomic mass is 127. The molecule has 27 heteroatoms. The Morgan fingerprint density at radius 2 is 1.02 bits per heavy atom. The third kappa shape index (κ3) is 93.9. The summed E-state index contributed by atoms with van der Waals surface area (Å²) in [4.78, 5) is 2.13. The third-order valence-electron chi connectivity index (χ3n) is 12.2. The van der Waals surface area contributed by atoms with E-state index < -0.39 is 0 Å². The largest absolute Gasteiger partial charge is 0.693 e. The zero-order valence-electron chi connectivity index (χ0n) is 63.7. The number of aliphatic hydroxyl groups is 2. The Balaban J connectivity index is -0.000000192. The monoisotopic (exact) mass is 1540 g/mol. The second-order valence-electron chi connectivity index (χ2n) is 21.2. The van der Waals surface area contributed by atoms with Gasteiger partial charge in [0.1, 0.15) is 6.54 Å². The molecule has 0 amide bonds. The fourth-order valence-corrected chi connectivity index (χ4v) is 7.47. The number of hydrogen-bond acceptors (Lipinski definition) is 24. The summed E-state index contributed by atoms with van der Waals surface area (Å²) < 4.78 is 51.8. The molecule has 4 aromatic rings. The number of rotatable bonds is 43. The summed E-state index contributed by atoms with van der Waals surface area (Å²) in [5.41, 5.74) is 46.7. The molecule has 1 saturated heterocycles.